The number of nitro groups is 1. The monoisotopic (exact) mass is 408 g/mol. The van der Waals surface area contributed by atoms with Crippen molar-refractivity contribution in [3.8, 4) is 0 Å². The van der Waals surface area contributed by atoms with Crippen molar-refractivity contribution in [1.29, 1.82) is 0 Å². The van der Waals surface area contributed by atoms with Crippen molar-refractivity contribution in [2.24, 2.45) is 5.10 Å². The van der Waals surface area contributed by atoms with Gasteiger partial charge in [0.05, 0.1) is 16.8 Å². The van der Waals surface area contributed by atoms with Gasteiger partial charge < -0.3 is 0 Å². The Morgan fingerprint density at radius 3 is 2.72 bits per heavy atom. The summed E-state index contributed by atoms with van der Waals surface area (Å²) in [4.78, 5) is 36.7. The number of rotatable bonds is 5. The van der Waals surface area contributed by atoms with E-state index in [2.05, 4.69) is 10.5 Å². The molecule has 0 fully saturated rings. The van der Waals surface area contributed by atoms with Gasteiger partial charge >= 0.3 is 0 Å². The summed E-state index contributed by atoms with van der Waals surface area (Å²) in [7, 11) is 0. The number of hydrogen-bond acceptors (Lipinski definition) is 5. The lowest BCUT2D eigenvalue weighted by atomic mass is 10.1. The molecule has 0 spiro atoms. The molecule has 0 unspecified atom stereocenters. The molecular formula is C20H13ClN4O4. The van der Waals surface area contributed by atoms with Crippen LogP contribution in [-0.2, 0) is 4.79 Å². The molecule has 0 aliphatic carbocycles. The molecular weight excluding hydrogens is 396 g/mol. The second-order valence-electron chi connectivity index (χ2n) is 6.33. The minimum absolute atomic E-state index is 0.0115. The highest BCUT2D eigenvalue weighted by Gasteiger charge is 2.30. The van der Waals surface area contributed by atoms with Gasteiger partial charge in [-0.2, -0.15) is 5.10 Å². The lowest BCUT2D eigenvalue weighted by Crippen LogP contribution is -2.37. The van der Waals surface area contributed by atoms with Gasteiger partial charge in [0.2, 0.25) is 0 Å². The van der Waals surface area contributed by atoms with Gasteiger partial charge in [-0.15, -0.1) is 0 Å². The minimum Gasteiger partial charge on any atom is -0.298 e. The molecule has 2 amide bonds. The second kappa shape index (κ2) is 7.33. The molecule has 3 aromatic carbocycles. The number of benzene rings is 3. The number of carbonyl (C=O) groups is 2. The third kappa shape index (κ3) is 3.41. The molecule has 3 aromatic rings. The quantitative estimate of drug-likeness (QED) is 0.396. The Morgan fingerprint density at radius 2 is 1.97 bits per heavy atom. The van der Waals surface area contributed by atoms with Gasteiger partial charge in [-0.05, 0) is 23.6 Å². The maximum Gasteiger partial charge on any atom is 0.288 e. The number of nitrogens with one attached hydrogen (secondary N) is 1. The average molecular weight is 409 g/mol. The molecule has 9 heteroatoms. The fourth-order valence-corrected chi connectivity index (χ4v) is 3.43. The summed E-state index contributed by atoms with van der Waals surface area (Å²) in [6, 6.07) is 15.1. The first kappa shape index (κ1) is 18.6. The Labute approximate surface area is 169 Å². The number of nitro benzene ring substituents is 1. The zero-order valence-electron chi connectivity index (χ0n) is 14.8. The summed E-state index contributed by atoms with van der Waals surface area (Å²) in [5.41, 5.74) is 3.71. The first-order valence-electron chi connectivity index (χ1n) is 8.55. The first-order valence-corrected chi connectivity index (χ1v) is 8.93. The summed E-state index contributed by atoms with van der Waals surface area (Å²) in [5.74, 6) is -0.743. The van der Waals surface area contributed by atoms with Gasteiger partial charge in [0.25, 0.3) is 17.5 Å². The van der Waals surface area contributed by atoms with Gasteiger partial charge in [0, 0.05) is 22.6 Å². The molecule has 0 saturated carbocycles. The van der Waals surface area contributed by atoms with Crippen molar-refractivity contribution >= 4 is 51.8 Å². The molecule has 8 nitrogen and oxygen atoms in total. The molecule has 0 aromatic heterocycles. The SMILES string of the molecule is O=C(CN1C(=O)c2cccc3cccc1c23)N/N=C\c1ccc(Cl)c([N+](=O)[O-])c1. The van der Waals surface area contributed by atoms with E-state index in [9.17, 15) is 19.7 Å². The summed E-state index contributed by atoms with van der Waals surface area (Å²) in [5, 5.41) is 16.5. The standard InChI is InChI=1S/C20H13ClN4O4/c21-15-8-7-12(9-17(15)25(28)29)10-22-23-18(26)11-24-16-6-2-4-13-3-1-5-14(19(13)16)20(24)27/h1-10H,11H2,(H,23,26)/b22-10-. The fourth-order valence-electron chi connectivity index (χ4n) is 3.24. The van der Waals surface area contributed by atoms with Crippen LogP contribution in [-0.4, -0.2) is 29.5 Å². The Bertz CT molecular complexity index is 1200. The van der Waals surface area contributed by atoms with Crippen LogP contribution in [0.1, 0.15) is 15.9 Å². The molecule has 0 atom stereocenters. The molecule has 144 valence electrons. The van der Waals surface area contributed by atoms with Crippen molar-refractivity contribution in [3.05, 3.63) is 80.9 Å². The van der Waals surface area contributed by atoms with Gasteiger partial charge in [-0.25, -0.2) is 5.43 Å². The highest BCUT2D eigenvalue weighted by Crippen LogP contribution is 2.36. The van der Waals surface area contributed by atoms with Crippen molar-refractivity contribution in [2.75, 3.05) is 11.4 Å². The Kier molecular flexibility index (Phi) is 4.69. The lowest BCUT2D eigenvalue weighted by Gasteiger charge is -2.16. The molecule has 0 bridgehead atoms. The van der Waals surface area contributed by atoms with Gasteiger partial charge in [0.15, 0.2) is 0 Å². The predicted octanol–water partition coefficient (Wildman–Crippen LogP) is 3.51. The lowest BCUT2D eigenvalue weighted by molar-refractivity contribution is -0.384. The Morgan fingerprint density at radius 1 is 1.21 bits per heavy atom. The van der Waals surface area contributed by atoms with E-state index in [4.69, 9.17) is 11.6 Å². The topological polar surface area (TPSA) is 105 Å². The van der Waals surface area contributed by atoms with Crippen LogP contribution in [0.2, 0.25) is 5.02 Å². The van der Waals surface area contributed by atoms with E-state index in [1.165, 1.54) is 29.3 Å². The average Bonchev–Trinajstić information content (AvgIpc) is 2.97. The fraction of sp³-hybridized carbons (Fsp3) is 0.0500. The van der Waals surface area contributed by atoms with E-state index in [-0.39, 0.29) is 23.2 Å². The Balaban J connectivity index is 1.47. The largest absolute Gasteiger partial charge is 0.298 e. The highest BCUT2D eigenvalue weighted by molar-refractivity contribution is 6.32. The van der Waals surface area contributed by atoms with E-state index in [0.717, 1.165) is 10.8 Å². The van der Waals surface area contributed by atoms with Crippen LogP contribution < -0.4 is 10.3 Å². The van der Waals surface area contributed by atoms with Crippen LogP contribution in [0.4, 0.5) is 11.4 Å². The van der Waals surface area contributed by atoms with Crippen molar-refractivity contribution in [2.45, 2.75) is 0 Å². The smallest absolute Gasteiger partial charge is 0.288 e. The molecule has 0 radical (unpaired) electrons. The number of hydrogen-bond donors (Lipinski definition) is 1. The molecule has 1 aliphatic rings. The van der Waals surface area contributed by atoms with Crippen LogP contribution in [0.5, 0.6) is 0 Å². The van der Waals surface area contributed by atoms with Gasteiger partial charge in [0.1, 0.15) is 11.6 Å². The van der Waals surface area contributed by atoms with Crippen molar-refractivity contribution in [1.82, 2.24) is 5.43 Å². The molecule has 0 saturated heterocycles. The van der Waals surface area contributed by atoms with Crippen LogP contribution in [0.15, 0.2) is 59.7 Å². The number of amides is 2. The summed E-state index contributed by atoms with van der Waals surface area (Å²) < 4.78 is 0. The number of nitrogens with zero attached hydrogens (tertiary/aromatic N) is 3. The maximum atomic E-state index is 12.7. The normalized spacial score (nSPS) is 12.7. The van der Waals surface area contributed by atoms with E-state index in [1.807, 2.05) is 18.2 Å². The van der Waals surface area contributed by atoms with E-state index >= 15 is 0 Å². The van der Waals surface area contributed by atoms with E-state index in [0.29, 0.717) is 16.8 Å². The number of halogens is 1. The zero-order chi connectivity index (χ0) is 20.5. The van der Waals surface area contributed by atoms with E-state index < -0.39 is 10.8 Å². The summed E-state index contributed by atoms with van der Waals surface area (Å²) >= 11 is 5.76. The van der Waals surface area contributed by atoms with Crippen molar-refractivity contribution < 1.29 is 14.5 Å². The highest BCUT2D eigenvalue weighted by atomic mass is 35.5. The minimum atomic E-state index is -0.602. The van der Waals surface area contributed by atoms with Crippen LogP contribution in [0.25, 0.3) is 10.8 Å². The third-order valence-electron chi connectivity index (χ3n) is 4.52. The molecule has 29 heavy (non-hydrogen) atoms. The van der Waals surface area contributed by atoms with Crippen molar-refractivity contribution in [3.63, 3.8) is 0 Å². The Hall–Kier alpha value is -3.78. The number of carbonyl (C=O) groups excluding carboxylic acids is 2. The molecule has 1 heterocycles. The zero-order valence-corrected chi connectivity index (χ0v) is 15.6. The van der Waals surface area contributed by atoms with Crippen LogP contribution in [0.3, 0.4) is 0 Å². The molecule has 4 rings (SSSR count). The third-order valence-corrected chi connectivity index (χ3v) is 4.84. The second-order valence-corrected chi connectivity index (χ2v) is 6.74. The van der Waals surface area contributed by atoms with Gasteiger partial charge in [-0.3, -0.25) is 24.6 Å². The molecule has 1 aliphatic heterocycles. The number of anilines is 1. The summed E-state index contributed by atoms with van der Waals surface area (Å²) in [6.07, 6.45) is 1.27. The number of hydrazone groups is 1. The van der Waals surface area contributed by atoms with Crippen LogP contribution >= 0.6 is 11.6 Å². The summed E-state index contributed by atoms with van der Waals surface area (Å²) in [6.45, 7) is -0.204. The van der Waals surface area contributed by atoms with Crippen LogP contribution in [0, 0.1) is 10.1 Å². The maximum absolute atomic E-state index is 12.7. The first-order chi connectivity index (χ1) is 14.0. The van der Waals surface area contributed by atoms with E-state index in [1.54, 1.807) is 18.2 Å². The molecule has 1 N–H and O–H groups in total. The predicted molar refractivity (Wildman–Crippen MR) is 109 cm³/mol. The van der Waals surface area contributed by atoms with Gasteiger partial charge in [-0.1, -0.05) is 41.9 Å².